The summed E-state index contributed by atoms with van der Waals surface area (Å²) in [7, 11) is 1.65. The first-order chi connectivity index (χ1) is 7.31. The highest BCUT2D eigenvalue weighted by molar-refractivity contribution is 5.70. The molecule has 1 aliphatic heterocycles. The second-order valence-electron chi connectivity index (χ2n) is 3.63. The van der Waals surface area contributed by atoms with Crippen LogP contribution in [0.3, 0.4) is 0 Å². The monoisotopic (exact) mass is 206 g/mol. The van der Waals surface area contributed by atoms with E-state index in [0.29, 0.717) is 6.42 Å². The number of hydrogen-bond acceptors (Lipinski definition) is 3. The quantitative estimate of drug-likeness (QED) is 0.695. The Morgan fingerprint density at radius 1 is 1.33 bits per heavy atom. The normalized spacial score (nSPS) is 26.1. The topological polar surface area (TPSA) is 35.5 Å². The summed E-state index contributed by atoms with van der Waals surface area (Å²) in [6.07, 6.45) is 0.902. The van der Waals surface area contributed by atoms with Gasteiger partial charge in [-0.25, -0.2) is 0 Å². The molecule has 15 heavy (non-hydrogen) atoms. The average Bonchev–Trinajstić information content (AvgIpc) is 2.30. The van der Waals surface area contributed by atoms with Gasteiger partial charge in [-0.15, -0.1) is 0 Å². The molecule has 3 heteroatoms. The van der Waals surface area contributed by atoms with Gasteiger partial charge in [0.15, 0.2) is 6.10 Å². The van der Waals surface area contributed by atoms with E-state index >= 15 is 0 Å². The molecule has 0 aromatic heterocycles. The Hall–Kier alpha value is -1.35. The predicted octanol–water partition coefficient (Wildman–Crippen LogP) is 2.08. The maximum Gasteiger partial charge on any atom is 0.306 e. The van der Waals surface area contributed by atoms with Crippen LogP contribution in [0.1, 0.15) is 24.5 Å². The molecular weight excluding hydrogens is 192 g/mol. The maximum atomic E-state index is 11.2. The molecule has 1 heterocycles. The van der Waals surface area contributed by atoms with Crippen LogP contribution >= 0.6 is 0 Å². The van der Waals surface area contributed by atoms with E-state index in [2.05, 4.69) is 0 Å². The van der Waals surface area contributed by atoms with Crippen molar-refractivity contribution >= 4 is 5.97 Å². The SMILES string of the molecule is COC1CCC(=O)OC1c1ccccc1. The van der Waals surface area contributed by atoms with Crippen molar-refractivity contribution < 1.29 is 14.3 Å². The van der Waals surface area contributed by atoms with E-state index in [9.17, 15) is 4.79 Å². The van der Waals surface area contributed by atoms with Crippen molar-refractivity contribution in [2.24, 2.45) is 0 Å². The van der Waals surface area contributed by atoms with Gasteiger partial charge in [0.2, 0.25) is 0 Å². The molecule has 0 saturated carbocycles. The summed E-state index contributed by atoms with van der Waals surface area (Å²) >= 11 is 0. The van der Waals surface area contributed by atoms with Crippen LogP contribution in [0.15, 0.2) is 30.3 Å². The molecule has 0 aliphatic carbocycles. The van der Waals surface area contributed by atoms with Gasteiger partial charge < -0.3 is 9.47 Å². The van der Waals surface area contributed by atoms with Crippen molar-refractivity contribution in [2.45, 2.75) is 25.0 Å². The summed E-state index contributed by atoms with van der Waals surface area (Å²) < 4.78 is 10.6. The van der Waals surface area contributed by atoms with Gasteiger partial charge in [-0.1, -0.05) is 30.3 Å². The van der Waals surface area contributed by atoms with Crippen LogP contribution in [0.4, 0.5) is 0 Å². The zero-order chi connectivity index (χ0) is 10.7. The predicted molar refractivity (Wildman–Crippen MR) is 55.3 cm³/mol. The molecule has 1 aromatic carbocycles. The number of cyclic esters (lactones) is 1. The van der Waals surface area contributed by atoms with Gasteiger partial charge >= 0.3 is 5.97 Å². The fourth-order valence-electron chi connectivity index (χ4n) is 1.85. The van der Waals surface area contributed by atoms with Crippen LogP contribution in [0.25, 0.3) is 0 Å². The lowest BCUT2D eigenvalue weighted by Crippen LogP contribution is -2.31. The lowest BCUT2D eigenvalue weighted by atomic mass is 9.98. The minimum atomic E-state index is -0.252. The van der Waals surface area contributed by atoms with Crippen molar-refractivity contribution in [2.75, 3.05) is 7.11 Å². The van der Waals surface area contributed by atoms with Crippen LogP contribution < -0.4 is 0 Å². The molecule has 0 amide bonds. The lowest BCUT2D eigenvalue weighted by molar-refractivity contribution is -0.166. The van der Waals surface area contributed by atoms with Crippen molar-refractivity contribution in [3.8, 4) is 0 Å². The lowest BCUT2D eigenvalue weighted by Gasteiger charge is -2.30. The number of rotatable bonds is 2. The van der Waals surface area contributed by atoms with Crippen LogP contribution in [0.5, 0.6) is 0 Å². The van der Waals surface area contributed by atoms with Crippen molar-refractivity contribution in [1.82, 2.24) is 0 Å². The number of hydrogen-bond donors (Lipinski definition) is 0. The minimum Gasteiger partial charge on any atom is -0.455 e. The Kier molecular flexibility index (Phi) is 3.02. The zero-order valence-electron chi connectivity index (χ0n) is 8.68. The summed E-state index contributed by atoms with van der Waals surface area (Å²) in [6, 6.07) is 9.72. The first-order valence-electron chi connectivity index (χ1n) is 5.08. The molecule has 80 valence electrons. The third-order valence-electron chi connectivity index (χ3n) is 2.66. The highest BCUT2D eigenvalue weighted by Crippen LogP contribution is 2.30. The summed E-state index contributed by atoms with van der Waals surface area (Å²) in [5, 5.41) is 0. The molecule has 0 bridgehead atoms. The Labute approximate surface area is 89.0 Å². The molecule has 1 fully saturated rings. The highest BCUT2D eigenvalue weighted by atomic mass is 16.6. The number of esters is 1. The summed E-state index contributed by atoms with van der Waals surface area (Å²) in [6.45, 7) is 0. The molecular formula is C12H14O3. The van der Waals surface area contributed by atoms with Crippen molar-refractivity contribution in [3.63, 3.8) is 0 Å². The van der Waals surface area contributed by atoms with Crippen molar-refractivity contribution in [3.05, 3.63) is 35.9 Å². The molecule has 1 saturated heterocycles. The van der Waals surface area contributed by atoms with E-state index in [4.69, 9.17) is 9.47 Å². The summed E-state index contributed by atoms with van der Waals surface area (Å²) in [5.74, 6) is -0.142. The van der Waals surface area contributed by atoms with E-state index in [1.165, 1.54) is 0 Å². The van der Waals surface area contributed by atoms with Gasteiger partial charge in [0.1, 0.15) is 0 Å². The number of benzene rings is 1. The Bertz CT molecular complexity index is 334. The van der Waals surface area contributed by atoms with E-state index < -0.39 is 0 Å². The van der Waals surface area contributed by atoms with Crippen LogP contribution in [0.2, 0.25) is 0 Å². The van der Waals surface area contributed by atoms with Crippen molar-refractivity contribution in [1.29, 1.82) is 0 Å². The molecule has 3 nitrogen and oxygen atoms in total. The summed E-state index contributed by atoms with van der Waals surface area (Å²) in [4.78, 5) is 11.2. The van der Waals surface area contributed by atoms with Gasteiger partial charge in [-0.05, 0) is 12.0 Å². The molecule has 0 spiro atoms. The van der Waals surface area contributed by atoms with Gasteiger partial charge in [0.25, 0.3) is 0 Å². The van der Waals surface area contributed by atoms with Gasteiger partial charge in [-0.2, -0.15) is 0 Å². The van der Waals surface area contributed by atoms with E-state index in [1.807, 2.05) is 30.3 Å². The molecule has 2 unspecified atom stereocenters. The zero-order valence-corrected chi connectivity index (χ0v) is 8.68. The summed E-state index contributed by atoms with van der Waals surface area (Å²) in [5.41, 5.74) is 0.998. The van der Waals surface area contributed by atoms with E-state index in [-0.39, 0.29) is 18.2 Å². The molecule has 1 aromatic rings. The van der Waals surface area contributed by atoms with Gasteiger partial charge in [-0.3, -0.25) is 4.79 Å². The second-order valence-corrected chi connectivity index (χ2v) is 3.63. The molecule has 0 N–H and O–H groups in total. The Balaban J connectivity index is 2.21. The standard InChI is InChI=1S/C12H14O3/c1-14-10-7-8-11(13)15-12(10)9-5-3-2-4-6-9/h2-6,10,12H,7-8H2,1H3. The van der Waals surface area contributed by atoms with E-state index in [0.717, 1.165) is 12.0 Å². The molecule has 2 rings (SSSR count). The third-order valence-corrected chi connectivity index (χ3v) is 2.66. The molecule has 1 aliphatic rings. The number of methoxy groups -OCH3 is 1. The minimum absolute atomic E-state index is 0.0231. The first kappa shape index (κ1) is 10.2. The smallest absolute Gasteiger partial charge is 0.306 e. The Morgan fingerprint density at radius 2 is 2.07 bits per heavy atom. The van der Waals surface area contributed by atoms with Gasteiger partial charge in [0.05, 0.1) is 6.10 Å². The third kappa shape index (κ3) is 2.18. The fraction of sp³-hybridized carbons (Fsp3) is 0.417. The number of carbonyl (C=O) groups is 1. The highest BCUT2D eigenvalue weighted by Gasteiger charge is 2.31. The first-order valence-corrected chi connectivity index (χ1v) is 5.08. The van der Waals surface area contributed by atoms with Crippen LogP contribution in [0, 0.1) is 0 Å². The number of carbonyl (C=O) groups excluding carboxylic acids is 1. The van der Waals surface area contributed by atoms with E-state index in [1.54, 1.807) is 7.11 Å². The fourth-order valence-corrected chi connectivity index (χ4v) is 1.85. The maximum absolute atomic E-state index is 11.2. The average molecular weight is 206 g/mol. The molecule has 2 atom stereocenters. The van der Waals surface area contributed by atoms with Crippen LogP contribution in [-0.4, -0.2) is 19.2 Å². The molecule has 0 radical (unpaired) electrons. The largest absolute Gasteiger partial charge is 0.455 e. The van der Waals surface area contributed by atoms with Crippen LogP contribution in [-0.2, 0) is 14.3 Å². The van der Waals surface area contributed by atoms with Gasteiger partial charge in [0, 0.05) is 13.5 Å². The second kappa shape index (κ2) is 4.45. The number of ether oxygens (including phenoxy) is 2. The Morgan fingerprint density at radius 3 is 2.73 bits per heavy atom.